The molecule has 2 amide bonds. The molecule has 2 rings (SSSR count). The van der Waals surface area contributed by atoms with Crippen LogP contribution >= 0.6 is 0 Å². The standard InChI is InChI=1S/C20H30N2O4/c1-25-12-10-20(24)22-11-4-6-16(15-22)8-9-19(23)21-14-17-5-3-7-18(13-17)26-2/h3,5,7,13,16H,4,6,8-12,14-15H2,1-2H3,(H,21,23). The Morgan fingerprint density at radius 1 is 1.27 bits per heavy atom. The number of rotatable bonds is 9. The van der Waals surface area contributed by atoms with Crippen LogP contribution in [0.3, 0.4) is 0 Å². The highest BCUT2D eigenvalue weighted by Crippen LogP contribution is 2.21. The molecule has 1 aliphatic rings. The number of ether oxygens (including phenoxy) is 2. The zero-order valence-electron chi connectivity index (χ0n) is 15.8. The van der Waals surface area contributed by atoms with Gasteiger partial charge in [-0.3, -0.25) is 9.59 Å². The molecule has 1 aromatic rings. The van der Waals surface area contributed by atoms with E-state index < -0.39 is 0 Å². The third-order valence-corrected chi connectivity index (χ3v) is 4.80. The zero-order chi connectivity index (χ0) is 18.8. The van der Waals surface area contributed by atoms with Crippen LogP contribution in [0.5, 0.6) is 5.75 Å². The summed E-state index contributed by atoms with van der Waals surface area (Å²) in [5.41, 5.74) is 1.02. The summed E-state index contributed by atoms with van der Waals surface area (Å²) in [5, 5.41) is 2.96. The quantitative estimate of drug-likeness (QED) is 0.732. The molecule has 0 saturated carbocycles. The molecule has 1 unspecified atom stereocenters. The number of carbonyl (C=O) groups excluding carboxylic acids is 2. The van der Waals surface area contributed by atoms with Crippen molar-refractivity contribution in [1.29, 1.82) is 0 Å². The van der Waals surface area contributed by atoms with E-state index >= 15 is 0 Å². The lowest BCUT2D eigenvalue weighted by Crippen LogP contribution is -2.40. The Labute approximate surface area is 155 Å². The van der Waals surface area contributed by atoms with Crippen molar-refractivity contribution in [3.8, 4) is 5.75 Å². The fraction of sp³-hybridized carbons (Fsp3) is 0.600. The molecule has 1 aliphatic heterocycles. The van der Waals surface area contributed by atoms with Crippen LogP contribution in [0.15, 0.2) is 24.3 Å². The number of nitrogens with zero attached hydrogens (tertiary/aromatic N) is 1. The summed E-state index contributed by atoms with van der Waals surface area (Å²) in [6.45, 7) is 2.54. The van der Waals surface area contributed by atoms with E-state index in [-0.39, 0.29) is 11.8 Å². The lowest BCUT2D eigenvalue weighted by molar-refractivity contribution is -0.134. The highest BCUT2D eigenvalue weighted by atomic mass is 16.5. The van der Waals surface area contributed by atoms with E-state index in [2.05, 4.69) is 5.32 Å². The number of piperidine rings is 1. The fourth-order valence-electron chi connectivity index (χ4n) is 3.28. The summed E-state index contributed by atoms with van der Waals surface area (Å²) in [5.74, 6) is 1.39. The minimum Gasteiger partial charge on any atom is -0.497 e. The number of amides is 2. The first kappa shape index (κ1) is 20.2. The normalized spacial score (nSPS) is 17.0. The molecule has 6 nitrogen and oxygen atoms in total. The molecule has 1 aromatic carbocycles. The van der Waals surface area contributed by atoms with Gasteiger partial charge in [-0.15, -0.1) is 0 Å². The number of hydrogen-bond donors (Lipinski definition) is 1. The van der Waals surface area contributed by atoms with E-state index in [0.29, 0.717) is 31.9 Å². The van der Waals surface area contributed by atoms with Crippen LogP contribution in [0.1, 0.15) is 37.7 Å². The molecule has 1 atom stereocenters. The number of carbonyl (C=O) groups is 2. The van der Waals surface area contributed by atoms with Gasteiger partial charge in [0.2, 0.25) is 11.8 Å². The maximum absolute atomic E-state index is 12.1. The van der Waals surface area contributed by atoms with Gasteiger partial charge >= 0.3 is 0 Å². The predicted octanol–water partition coefficient (Wildman–Crippen LogP) is 2.37. The molecule has 144 valence electrons. The fourth-order valence-corrected chi connectivity index (χ4v) is 3.28. The molecule has 0 aliphatic carbocycles. The summed E-state index contributed by atoms with van der Waals surface area (Å²) < 4.78 is 10.2. The second-order valence-corrected chi connectivity index (χ2v) is 6.76. The van der Waals surface area contributed by atoms with Crippen molar-refractivity contribution in [2.75, 3.05) is 33.9 Å². The van der Waals surface area contributed by atoms with Crippen LogP contribution < -0.4 is 10.1 Å². The van der Waals surface area contributed by atoms with Gasteiger partial charge < -0.3 is 19.7 Å². The number of methoxy groups -OCH3 is 2. The third kappa shape index (κ3) is 6.67. The Morgan fingerprint density at radius 2 is 2.12 bits per heavy atom. The molecule has 0 aromatic heterocycles. The molecule has 0 spiro atoms. The SMILES string of the molecule is COCCC(=O)N1CCCC(CCC(=O)NCc2cccc(OC)c2)C1. The largest absolute Gasteiger partial charge is 0.497 e. The van der Waals surface area contributed by atoms with Gasteiger partial charge in [-0.1, -0.05) is 12.1 Å². The highest BCUT2D eigenvalue weighted by Gasteiger charge is 2.23. The van der Waals surface area contributed by atoms with Gasteiger partial charge in [-0.2, -0.15) is 0 Å². The van der Waals surface area contributed by atoms with E-state index in [1.807, 2.05) is 29.2 Å². The lowest BCUT2D eigenvalue weighted by Gasteiger charge is -2.32. The van der Waals surface area contributed by atoms with Gasteiger partial charge in [0.1, 0.15) is 5.75 Å². The molecule has 26 heavy (non-hydrogen) atoms. The first-order valence-electron chi connectivity index (χ1n) is 9.28. The Balaban J connectivity index is 1.70. The Kier molecular flexibility index (Phi) is 8.41. The second kappa shape index (κ2) is 10.8. The summed E-state index contributed by atoms with van der Waals surface area (Å²) in [7, 11) is 3.24. The van der Waals surface area contributed by atoms with Crippen molar-refractivity contribution in [3.05, 3.63) is 29.8 Å². The third-order valence-electron chi connectivity index (χ3n) is 4.80. The first-order valence-corrected chi connectivity index (χ1v) is 9.28. The van der Waals surface area contributed by atoms with Crippen LogP contribution in [0.25, 0.3) is 0 Å². The van der Waals surface area contributed by atoms with E-state index in [1.165, 1.54) is 0 Å². The predicted molar refractivity (Wildman–Crippen MR) is 99.9 cm³/mol. The minimum atomic E-state index is 0.0515. The molecule has 1 saturated heterocycles. The first-order chi connectivity index (χ1) is 12.6. The smallest absolute Gasteiger partial charge is 0.224 e. The number of hydrogen-bond acceptors (Lipinski definition) is 4. The number of likely N-dealkylation sites (tertiary alicyclic amines) is 1. The van der Waals surface area contributed by atoms with Crippen LogP contribution in [0, 0.1) is 5.92 Å². The van der Waals surface area contributed by atoms with Crippen molar-refractivity contribution in [1.82, 2.24) is 10.2 Å². The van der Waals surface area contributed by atoms with Crippen molar-refractivity contribution in [3.63, 3.8) is 0 Å². The van der Waals surface area contributed by atoms with E-state index in [1.54, 1.807) is 14.2 Å². The Morgan fingerprint density at radius 3 is 2.88 bits per heavy atom. The van der Waals surface area contributed by atoms with Crippen molar-refractivity contribution in [2.45, 2.75) is 38.6 Å². The highest BCUT2D eigenvalue weighted by molar-refractivity contribution is 5.76. The van der Waals surface area contributed by atoms with Gasteiger partial charge in [0.15, 0.2) is 0 Å². The minimum absolute atomic E-state index is 0.0515. The zero-order valence-corrected chi connectivity index (χ0v) is 15.8. The summed E-state index contributed by atoms with van der Waals surface area (Å²) in [6, 6.07) is 7.68. The van der Waals surface area contributed by atoms with Gasteiger partial charge in [0.25, 0.3) is 0 Å². The topological polar surface area (TPSA) is 67.9 Å². The average molecular weight is 362 g/mol. The maximum atomic E-state index is 12.1. The molecular formula is C20H30N2O4. The van der Waals surface area contributed by atoms with Gasteiger partial charge in [0.05, 0.1) is 20.1 Å². The number of benzene rings is 1. The van der Waals surface area contributed by atoms with Crippen molar-refractivity contribution in [2.24, 2.45) is 5.92 Å². The molecule has 1 N–H and O–H groups in total. The lowest BCUT2D eigenvalue weighted by atomic mass is 9.93. The Hall–Kier alpha value is -2.08. The van der Waals surface area contributed by atoms with Crippen LogP contribution in [-0.4, -0.2) is 50.6 Å². The monoisotopic (exact) mass is 362 g/mol. The Bertz CT molecular complexity index is 591. The summed E-state index contributed by atoms with van der Waals surface area (Å²) in [4.78, 5) is 26.2. The molecular weight excluding hydrogens is 332 g/mol. The van der Waals surface area contributed by atoms with Crippen LogP contribution in [0.2, 0.25) is 0 Å². The molecule has 0 radical (unpaired) electrons. The van der Waals surface area contributed by atoms with Gasteiger partial charge in [0, 0.05) is 33.2 Å². The van der Waals surface area contributed by atoms with Crippen LogP contribution in [0.4, 0.5) is 0 Å². The molecule has 0 bridgehead atoms. The molecule has 6 heteroatoms. The van der Waals surface area contributed by atoms with E-state index in [0.717, 1.165) is 43.7 Å². The van der Waals surface area contributed by atoms with E-state index in [4.69, 9.17) is 9.47 Å². The van der Waals surface area contributed by atoms with Crippen LogP contribution in [-0.2, 0) is 20.9 Å². The summed E-state index contributed by atoms with van der Waals surface area (Å²) in [6.07, 6.45) is 3.84. The van der Waals surface area contributed by atoms with Gasteiger partial charge in [-0.05, 0) is 42.9 Å². The van der Waals surface area contributed by atoms with Crippen molar-refractivity contribution < 1.29 is 19.1 Å². The van der Waals surface area contributed by atoms with Gasteiger partial charge in [-0.25, -0.2) is 0 Å². The maximum Gasteiger partial charge on any atom is 0.224 e. The second-order valence-electron chi connectivity index (χ2n) is 6.76. The average Bonchev–Trinajstić information content (AvgIpc) is 2.69. The van der Waals surface area contributed by atoms with E-state index in [9.17, 15) is 9.59 Å². The molecule has 1 fully saturated rings. The van der Waals surface area contributed by atoms with Crippen molar-refractivity contribution >= 4 is 11.8 Å². The molecule has 1 heterocycles. The summed E-state index contributed by atoms with van der Waals surface area (Å²) >= 11 is 0. The number of nitrogens with one attached hydrogen (secondary N) is 1.